The Balaban J connectivity index is 2.05. The predicted octanol–water partition coefficient (Wildman–Crippen LogP) is -0.0508. The van der Waals surface area contributed by atoms with E-state index in [4.69, 9.17) is 0 Å². The van der Waals surface area contributed by atoms with Crippen LogP contribution in [0.3, 0.4) is 0 Å². The first-order chi connectivity index (χ1) is 6.20. The summed E-state index contributed by atoms with van der Waals surface area (Å²) in [5, 5.41) is 2.60. The molecule has 0 aromatic carbocycles. The van der Waals surface area contributed by atoms with E-state index in [1.807, 2.05) is 4.90 Å². The van der Waals surface area contributed by atoms with E-state index in [-0.39, 0.29) is 11.8 Å². The zero-order chi connectivity index (χ0) is 9.68. The smallest absolute Gasteiger partial charge is 0.222 e. The van der Waals surface area contributed by atoms with Gasteiger partial charge >= 0.3 is 0 Å². The molecule has 0 spiro atoms. The van der Waals surface area contributed by atoms with Crippen molar-refractivity contribution in [2.75, 3.05) is 19.6 Å². The van der Waals surface area contributed by atoms with Gasteiger partial charge in [-0.25, -0.2) is 0 Å². The lowest BCUT2D eigenvalue weighted by atomic mass is 10.4. The van der Waals surface area contributed by atoms with Gasteiger partial charge in [-0.3, -0.25) is 9.59 Å². The maximum Gasteiger partial charge on any atom is 0.222 e. The fraction of sp³-hybridized carbons (Fsp3) is 0.667. The van der Waals surface area contributed by atoms with Crippen LogP contribution in [-0.4, -0.2) is 36.3 Å². The minimum atomic E-state index is -0.257. The molecular weight excluding hydrogens is 168 g/mol. The van der Waals surface area contributed by atoms with E-state index in [1.54, 1.807) is 0 Å². The van der Waals surface area contributed by atoms with Gasteiger partial charge in [0.05, 0.1) is 0 Å². The van der Waals surface area contributed by atoms with Crippen LogP contribution in [0.25, 0.3) is 0 Å². The van der Waals surface area contributed by atoms with Crippen LogP contribution in [0, 0.1) is 6.92 Å². The van der Waals surface area contributed by atoms with E-state index < -0.39 is 0 Å². The van der Waals surface area contributed by atoms with E-state index in [0.717, 1.165) is 25.9 Å². The van der Waals surface area contributed by atoms with Gasteiger partial charge in [-0.05, 0) is 12.8 Å². The fourth-order valence-electron chi connectivity index (χ4n) is 1.44. The molecule has 4 nitrogen and oxygen atoms in total. The minimum Gasteiger partial charge on any atom is -0.356 e. The van der Waals surface area contributed by atoms with E-state index in [2.05, 4.69) is 12.2 Å². The number of rotatable bonds is 4. The molecule has 73 valence electrons. The van der Waals surface area contributed by atoms with Crippen LogP contribution in [0.5, 0.6) is 0 Å². The first kappa shape index (κ1) is 10.0. The third-order valence-corrected chi connectivity index (χ3v) is 2.10. The lowest BCUT2D eigenvalue weighted by Gasteiger charge is -2.14. The summed E-state index contributed by atoms with van der Waals surface area (Å²) in [5.74, 6) is -0.0197. The standard InChI is InChI=1S/C9H15N2O2/c1-8(12)10-5-3-7-11-6-2-4-9(11)13/h1-7H2,(H,10,12). The van der Waals surface area contributed by atoms with Gasteiger partial charge in [-0.2, -0.15) is 0 Å². The second kappa shape index (κ2) is 4.84. The summed E-state index contributed by atoms with van der Waals surface area (Å²) < 4.78 is 0. The molecule has 4 heteroatoms. The zero-order valence-corrected chi connectivity index (χ0v) is 7.71. The summed E-state index contributed by atoms with van der Waals surface area (Å²) in [7, 11) is 0. The lowest BCUT2D eigenvalue weighted by molar-refractivity contribution is -0.127. The quantitative estimate of drug-likeness (QED) is 0.621. The molecule has 0 atom stereocenters. The molecule has 1 heterocycles. The highest BCUT2D eigenvalue weighted by molar-refractivity contribution is 5.80. The van der Waals surface area contributed by atoms with Crippen LogP contribution in [0.2, 0.25) is 0 Å². The summed E-state index contributed by atoms with van der Waals surface area (Å²) in [5.41, 5.74) is 0. The Morgan fingerprint density at radius 3 is 2.92 bits per heavy atom. The number of hydrogen-bond acceptors (Lipinski definition) is 2. The number of nitrogens with zero attached hydrogens (tertiary/aromatic N) is 1. The van der Waals surface area contributed by atoms with Crippen molar-refractivity contribution in [3.05, 3.63) is 6.92 Å². The first-order valence-corrected chi connectivity index (χ1v) is 4.57. The van der Waals surface area contributed by atoms with Gasteiger partial charge in [0.25, 0.3) is 0 Å². The molecule has 0 aromatic rings. The molecule has 0 saturated carbocycles. The summed E-state index contributed by atoms with van der Waals surface area (Å²) in [6, 6.07) is 0. The fourth-order valence-corrected chi connectivity index (χ4v) is 1.44. The van der Waals surface area contributed by atoms with Crippen molar-refractivity contribution >= 4 is 11.8 Å². The van der Waals surface area contributed by atoms with Crippen LogP contribution in [0.4, 0.5) is 0 Å². The molecule has 2 amide bonds. The molecule has 1 aliphatic heterocycles. The molecule has 0 aromatic heterocycles. The van der Waals surface area contributed by atoms with Gasteiger partial charge in [0.15, 0.2) is 0 Å². The Bertz CT molecular complexity index is 204. The lowest BCUT2D eigenvalue weighted by Crippen LogP contribution is -2.29. The molecular formula is C9H15N2O2. The third-order valence-electron chi connectivity index (χ3n) is 2.10. The van der Waals surface area contributed by atoms with Crippen molar-refractivity contribution in [1.29, 1.82) is 0 Å². The van der Waals surface area contributed by atoms with Crippen LogP contribution >= 0.6 is 0 Å². The highest BCUT2D eigenvalue weighted by Gasteiger charge is 2.18. The van der Waals surface area contributed by atoms with Crippen molar-refractivity contribution in [2.45, 2.75) is 19.3 Å². The van der Waals surface area contributed by atoms with Gasteiger partial charge in [0.1, 0.15) is 0 Å². The largest absolute Gasteiger partial charge is 0.356 e. The van der Waals surface area contributed by atoms with Crippen LogP contribution in [0.1, 0.15) is 19.3 Å². The number of hydrogen-bond donors (Lipinski definition) is 1. The molecule has 0 bridgehead atoms. The minimum absolute atomic E-state index is 0.237. The molecule has 1 saturated heterocycles. The third kappa shape index (κ3) is 3.44. The Kier molecular flexibility index (Phi) is 3.73. The number of carbonyl (C=O) groups is 2. The zero-order valence-electron chi connectivity index (χ0n) is 7.71. The number of carbonyl (C=O) groups excluding carboxylic acids is 2. The molecule has 0 aliphatic carbocycles. The van der Waals surface area contributed by atoms with Crippen molar-refractivity contribution in [2.24, 2.45) is 0 Å². The summed E-state index contributed by atoms with van der Waals surface area (Å²) in [6.45, 7) is 5.42. The normalized spacial score (nSPS) is 16.4. The Hall–Kier alpha value is -1.06. The average Bonchev–Trinajstić information content (AvgIpc) is 2.45. The van der Waals surface area contributed by atoms with Crippen LogP contribution < -0.4 is 5.32 Å². The molecule has 1 rings (SSSR count). The van der Waals surface area contributed by atoms with E-state index in [1.165, 1.54) is 0 Å². The number of nitrogens with one attached hydrogen (secondary N) is 1. The Labute approximate surface area is 78.3 Å². The van der Waals surface area contributed by atoms with Gasteiger partial charge in [0.2, 0.25) is 11.8 Å². The molecule has 1 fully saturated rings. The first-order valence-electron chi connectivity index (χ1n) is 4.57. The van der Waals surface area contributed by atoms with Crippen molar-refractivity contribution < 1.29 is 9.59 Å². The van der Waals surface area contributed by atoms with Gasteiger partial charge < -0.3 is 10.2 Å². The van der Waals surface area contributed by atoms with Gasteiger partial charge in [0, 0.05) is 33.0 Å². The van der Waals surface area contributed by atoms with Crippen molar-refractivity contribution in [1.82, 2.24) is 10.2 Å². The second-order valence-electron chi connectivity index (χ2n) is 3.19. The summed E-state index contributed by atoms with van der Waals surface area (Å²) in [4.78, 5) is 23.4. The molecule has 1 radical (unpaired) electrons. The predicted molar refractivity (Wildman–Crippen MR) is 48.8 cm³/mol. The maximum atomic E-state index is 11.1. The van der Waals surface area contributed by atoms with E-state index >= 15 is 0 Å². The Morgan fingerprint density at radius 2 is 2.38 bits per heavy atom. The van der Waals surface area contributed by atoms with E-state index in [0.29, 0.717) is 13.0 Å². The van der Waals surface area contributed by atoms with Crippen LogP contribution in [0.15, 0.2) is 0 Å². The number of likely N-dealkylation sites (tertiary alicyclic amines) is 1. The molecule has 0 unspecified atom stereocenters. The summed E-state index contributed by atoms with van der Waals surface area (Å²) in [6.07, 6.45) is 2.47. The van der Waals surface area contributed by atoms with Crippen molar-refractivity contribution in [3.63, 3.8) is 0 Å². The molecule has 13 heavy (non-hydrogen) atoms. The summed E-state index contributed by atoms with van der Waals surface area (Å²) >= 11 is 0. The second-order valence-corrected chi connectivity index (χ2v) is 3.19. The van der Waals surface area contributed by atoms with E-state index in [9.17, 15) is 9.59 Å². The average molecular weight is 183 g/mol. The van der Waals surface area contributed by atoms with Crippen LogP contribution in [-0.2, 0) is 9.59 Å². The Morgan fingerprint density at radius 1 is 1.62 bits per heavy atom. The van der Waals surface area contributed by atoms with Gasteiger partial charge in [-0.15, -0.1) is 0 Å². The van der Waals surface area contributed by atoms with Crippen molar-refractivity contribution in [3.8, 4) is 0 Å². The maximum absolute atomic E-state index is 11.1. The SMILES string of the molecule is [CH2]C(=O)NCCCN1CCCC1=O. The molecule has 1 N–H and O–H groups in total. The highest BCUT2D eigenvalue weighted by Crippen LogP contribution is 2.09. The highest BCUT2D eigenvalue weighted by atomic mass is 16.2. The van der Waals surface area contributed by atoms with Gasteiger partial charge in [-0.1, -0.05) is 0 Å². The number of amides is 2. The molecule has 1 aliphatic rings. The topological polar surface area (TPSA) is 49.4 Å². The monoisotopic (exact) mass is 183 g/mol.